The van der Waals surface area contributed by atoms with E-state index in [2.05, 4.69) is 12.1 Å². The van der Waals surface area contributed by atoms with Gasteiger partial charge in [-0.25, -0.2) is 0 Å². The van der Waals surface area contributed by atoms with Gasteiger partial charge in [-0.3, -0.25) is 0 Å². The summed E-state index contributed by atoms with van der Waals surface area (Å²) >= 11 is 5.89. The summed E-state index contributed by atoms with van der Waals surface area (Å²) in [5, 5.41) is 0.813. The standard InChI is InChI=1S/C11H11ClO/c1-13-11-5-3-8-6-10(12)4-2-9(8)7-11/h2,4-6H,3,7H2,1H3. The van der Waals surface area contributed by atoms with Crippen LogP contribution in [0.2, 0.25) is 5.02 Å². The van der Waals surface area contributed by atoms with Crippen molar-refractivity contribution in [1.82, 2.24) is 0 Å². The van der Waals surface area contributed by atoms with Gasteiger partial charge < -0.3 is 4.74 Å². The van der Waals surface area contributed by atoms with E-state index in [1.54, 1.807) is 7.11 Å². The van der Waals surface area contributed by atoms with Crippen LogP contribution in [0.5, 0.6) is 0 Å². The van der Waals surface area contributed by atoms with Crippen LogP contribution < -0.4 is 0 Å². The molecule has 0 heterocycles. The minimum Gasteiger partial charge on any atom is -0.501 e. The van der Waals surface area contributed by atoms with Crippen LogP contribution in [0.25, 0.3) is 0 Å². The summed E-state index contributed by atoms with van der Waals surface area (Å²) in [5.41, 5.74) is 2.64. The van der Waals surface area contributed by atoms with Crippen molar-refractivity contribution in [3.8, 4) is 0 Å². The summed E-state index contributed by atoms with van der Waals surface area (Å²) in [7, 11) is 1.72. The minimum atomic E-state index is 0.813. The molecule has 0 spiro atoms. The SMILES string of the molecule is COC1=CCc2cc(Cl)ccc2C1. The fourth-order valence-corrected chi connectivity index (χ4v) is 1.79. The van der Waals surface area contributed by atoms with Crippen molar-refractivity contribution in [1.29, 1.82) is 0 Å². The normalized spacial score (nSPS) is 14.8. The van der Waals surface area contributed by atoms with E-state index < -0.39 is 0 Å². The van der Waals surface area contributed by atoms with Crippen molar-refractivity contribution < 1.29 is 4.74 Å². The first-order chi connectivity index (χ1) is 6.29. The van der Waals surface area contributed by atoms with Gasteiger partial charge in [-0.15, -0.1) is 0 Å². The zero-order chi connectivity index (χ0) is 9.26. The quantitative estimate of drug-likeness (QED) is 0.668. The highest BCUT2D eigenvalue weighted by atomic mass is 35.5. The van der Waals surface area contributed by atoms with Crippen LogP contribution in [0.3, 0.4) is 0 Å². The Morgan fingerprint density at radius 3 is 2.92 bits per heavy atom. The molecule has 0 fully saturated rings. The Kier molecular flexibility index (Phi) is 2.28. The van der Waals surface area contributed by atoms with Crippen LogP contribution in [0.15, 0.2) is 30.0 Å². The lowest BCUT2D eigenvalue weighted by molar-refractivity contribution is 0.280. The zero-order valence-corrected chi connectivity index (χ0v) is 8.27. The predicted molar refractivity (Wildman–Crippen MR) is 54.0 cm³/mol. The number of hydrogen-bond acceptors (Lipinski definition) is 1. The lowest BCUT2D eigenvalue weighted by atomic mass is 9.96. The average molecular weight is 195 g/mol. The maximum atomic E-state index is 5.89. The second-order valence-electron chi connectivity index (χ2n) is 3.17. The molecule has 0 bridgehead atoms. The summed E-state index contributed by atoms with van der Waals surface area (Å²) < 4.78 is 5.21. The van der Waals surface area contributed by atoms with Gasteiger partial charge >= 0.3 is 0 Å². The van der Waals surface area contributed by atoms with Crippen molar-refractivity contribution in [2.75, 3.05) is 7.11 Å². The molecular weight excluding hydrogens is 184 g/mol. The van der Waals surface area contributed by atoms with Crippen LogP contribution in [-0.4, -0.2) is 7.11 Å². The van der Waals surface area contributed by atoms with E-state index in [4.69, 9.17) is 16.3 Å². The zero-order valence-electron chi connectivity index (χ0n) is 7.51. The molecule has 1 nitrogen and oxygen atoms in total. The Bertz CT molecular complexity index is 355. The molecule has 0 amide bonds. The van der Waals surface area contributed by atoms with Gasteiger partial charge in [0.15, 0.2) is 0 Å². The third-order valence-electron chi connectivity index (χ3n) is 2.34. The number of halogens is 1. The molecule has 0 unspecified atom stereocenters. The van der Waals surface area contributed by atoms with E-state index in [0.29, 0.717) is 0 Å². The maximum Gasteiger partial charge on any atom is 0.0962 e. The van der Waals surface area contributed by atoms with E-state index in [-0.39, 0.29) is 0 Å². The summed E-state index contributed by atoms with van der Waals surface area (Å²) in [6.07, 6.45) is 3.93. The third kappa shape index (κ3) is 1.70. The first-order valence-electron chi connectivity index (χ1n) is 4.30. The van der Waals surface area contributed by atoms with Crippen LogP contribution >= 0.6 is 11.6 Å². The summed E-state index contributed by atoms with van der Waals surface area (Å²) in [5.74, 6) is 1.05. The van der Waals surface area contributed by atoms with Crippen molar-refractivity contribution in [2.24, 2.45) is 0 Å². The van der Waals surface area contributed by atoms with Gasteiger partial charge in [0.25, 0.3) is 0 Å². The highest BCUT2D eigenvalue weighted by Gasteiger charge is 2.10. The number of benzene rings is 1. The Labute approximate surface area is 83.0 Å². The van der Waals surface area contributed by atoms with Gasteiger partial charge in [0, 0.05) is 11.4 Å². The summed E-state index contributed by atoms with van der Waals surface area (Å²) in [6.45, 7) is 0. The Hall–Kier alpha value is -0.950. The monoisotopic (exact) mass is 194 g/mol. The predicted octanol–water partition coefficient (Wildman–Crippen LogP) is 2.97. The first-order valence-corrected chi connectivity index (χ1v) is 4.67. The van der Waals surface area contributed by atoms with E-state index in [0.717, 1.165) is 23.6 Å². The molecule has 0 radical (unpaired) electrons. The molecule has 2 heteroatoms. The average Bonchev–Trinajstić information content (AvgIpc) is 2.17. The molecule has 2 rings (SSSR count). The summed E-state index contributed by atoms with van der Waals surface area (Å²) in [4.78, 5) is 0. The van der Waals surface area contributed by atoms with Crippen LogP contribution in [0.4, 0.5) is 0 Å². The number of ether oxygens (including phenoxy) is 1. The van der Waals surface area contributed by atoms with Gasteiger partial charge in [-0.1, -0.05) is 17.7 Å². The minimum absolute atomic E-state index is 0.813. The van der Waals surface area contributed by atoms with Crippen LogP contribution in [-0.2, 0) is 17.6 Å². The van der Waals surface area contributed by atoms with Crippen molar-refractivity contribution in [3.05, 3.63) is 46.2 Å². The van der Waals surface area contributed by atoms with Crippen molar-refractivity contribution >= 4 is 11.6 Å². The number of methoxy groups -OCH3 is 1. The van der Waals surface area contributed by atoms with E-state index in [1.165, 1.54) is 11.1 Å². The number of rotatable bonds is 1. The van der Waals surface area contributed by atoms with E-state index in [9.17, 15) is 0 Å². The maximum absolute atomic E-state index is 5.89. The number of hydrogen-bond donors (Lipinski definition) is 0. The van der Waals surface area contributed by atoms with Crippen molar-refractivity contribution in [3.63, 3.8) is 0 Å². The van der Waals surface area contributed by atoms with Gasteiger partial charge in [0.1, 0.15) is 0 Å². The molecule has 0 saturated carbocycles. The Morgan fingerprint density at radius 1 is 1.31 bits per heavy atom. The van der Waals surface area contributed by atoms with Gasteiger partial charge in [-0.2, -0.15) is 0 Å². The fourth-order valence-electron chi connectivity index (χ4n) is 1.60. The molecule has 0 N–H and O–H groups in total. The highest BCUT2D eigenvalue weighted by molar-refractivity contribution is 6.30. The van der Waals surface area contributed by atoms with E-state index >= 15 is 0 Å². The lowest BCUT2D eigenvalue weighted by Gasteiger charge is -2.15. The van der Waals surface area contributed by atoms with Gasteiger partial charge in [0.2, 0.25) is 0 Å². The lowest BCUT2D eigenvalue weighted by Crippen LogP contribution is -2.04. The second-order valence-corrected chi connectivity index (χ2v) is 3.60. The van der Waals surface area contributed by atoms with Crippen LogP contribution in [0, 0.1) is 0 Å². The third-order valence-corrected chi connectivity index (χ3v) is 2.58. The highest BCUT2D eigenvalue weighted by Crippen LogP contribution is 2.24. The molecule has 0 atom stereocenters. The molecule has 1 aliphatic carbocycles. The molecule has 1 aromatic rings. The van der Waals surface area contributed by atoms with E-state index in [1.807, 2.05) is 12.1 Å². The number of fused-ring (bicyclic) bond motifs is 1. The smallest absolute Gasteiger partial charge is 0.0962 e. The molecule has 0 aliphatic heterocycles. The topological polar surface area (TPSA) is 9.23 Å². The molecule has 13 heavy (non-hydrogen) atoms. The molecule has 1 aromatic carbocycles. The Balaban J connectivity index is 2.33. The molecule has 0 saturated heterocycles. The molecule has 1 aliphatic rings. The van der Waals surface area contributed by atoms with Gasteiger partial charge in [-0.05, 0) is 35.8 Å². The van der Waals surface area contributed by atoms with Crippen molar-refractivity contribution in [2.45, 2.75) is 12.8 Å². The van der Waals surface area contributed by atoms with Crippen LogP contribution in [0.1, 0.15) is 11.1 Å². The van der Waals surface area contributed by atoms with Gasteiger partial charge in [0.05, 0.1) is 12.9 Å². The number of allylic oxidation sites excluding steroid dienone is 2. The fraction of sp³-hybridized carbons (Fsp3) is 0.273. The summed E-state index contributed by atoms with van der Waals surface area (Å²) in [6, 6.07) is 6.03. The molecular formula is C11H11ClO. The Morgan fingerprint density at radius 2 is 2.15 bits per heavy atom. The molecule has 68 valence electrons. The first kappa shape index (κ1) is 8.64. The second kappa shape index (κ2) is 3.43. The largest absolute Gasteiger partial charge is 0.501 e. The molecule has 0 aromatic heterocycles.